The number of thiazole rings is 1. The van der Waals surface area contributed by atoms with Crippen molar-refractivity contribution in [3.05, 3.63) is 40.0 Å². The van der Waals surface area contributed by atoms with Crippen molar-refractivity contribution in [1.29, 1.82) is 0 Å². The van der Waals surface area contributed by atoms with Gasteiger partial charge in [0.05, 0.1) is 0 Å². The molecule has 0 bridgehead atoms. The van der Waals surface area contributed by atoms with Crippen LogP contribution in [0.3, 0.4) is 0 Å². The quantitative estimate of drug-likeness (QED) is 0.243. The van der Waals surface area contributed by atoms with Gasteiger partial charge in [-0.1, -0.05) is 0 Å². The number of aromatic nitrogens is 3. The molecule has 1 saturated carbocycles. The molecule has 2 N–H and O–H groups in total. The van der Waals surface area contributed by atoms with Gasteiger partial charge >= 0.3 is 226 Å². The molecule has 1 amide bonds. The fourth-order valence-corrected chi connectivity index (χ4v) is 6.88. The SMILES string of the molecule is Cc1ncc(C(=O)NCC#Cc2nn3c(NC45CCN(CC(F)F)CC4C5)cccc3c2[Se]C(F)(F)F)s1. The number of amides is 1. The summed E-state index contributed by atoms with van der Waals surface area (Å²) in [6.07, 6.45) is 0.531. The van der Waals surface area contributed by atoms with Crippen LogP contribution in [0.5, 0.6) is 0 Å². The number of hydrogen-bond acceptors (Lipinski definition) is 6. The van der Waals surface area contributed by atoms with E-state index in [4.69, 9.17) is 0 Å². The van der Waals surface area contributed by atoms with Gasteiger partial charge in [0.2, 0.25) is 0 Å². The number of carbonyl (C=O) groups excluding carboxylic acids is 1. The molecule has 38 heavy (non-hydrogen) atoms. The first-order chi connectivity index (χ1) is 18.0. The minimum atomic E-state index is -4.41. The summed E-state index contributed by atoms with van der Waals surface area (Å²) < 4.78 is 67.5. The first-order valence-corrected chi connectivity index (χ1v) is 14.3. The van der Waals surface area contributed by atoms with E-state index < -0.39 is 26.5 Å². The van der Waals surface area contributed by atoms with E-state index in [1.807, 2.05) is 0 Å². The van der Waals surface area contributed by atoms with Crippen LogP contribution in [0.4, 0.5) is 27.8 Å². The molecule has 4 heterocycles. The molecule has 1 aliphatic heterocycles. The molecule has 2 aliphatic rings. The summed E-state index contributed by atoms with van der Waals surface area (Å²) in [6, 6.07) is 4.99. The van der Waals surface area contributed by atoms with Crippen LogP contribution in [0.15, 0.2) is 24.4 Å². The van der Waals surface area contributed by atoms with Gasteiger partial charge in [-0.2, -0.15) is 0 Å². The zero-order valence-corrected chi connectivity index (χ0v) is 22.6. The number of nitrogens with one attached hydrogen (secondary N) is 2. The van der Waals surface area contributed by atoms with Crippen molar-refractivity contribution >= 4 is 48.0 Å². The molecule has 0 spiro atoms. The van der Waals surface area contributed by atoms with E-state index in [0.717, 1.165) is 11.4 Å². The molecule has 7 nitrogen and oxygen atoms in total. The van der Waals surface area contributed by atoms with Gasteiger partial charge in [-0.05, 0) is 0 Å². The van der Waals surface area contributed by atoms with E-state index >= 15 is 0 Å². The van der Waals surface area contributed by atoms with Crippen molar-refractivity contribution in [2.24, 2.45) is 5.92 Å². The number of fused-ring (bicyclic) bond motifs is 2. The van der Waals surface area contributed by atoms with Crippen molar-refractivity contribution in [3.63, 3.8) is 0 Å². The number of alkyl halides is 5. The molecule has 202 valence electrons. The molecule has 1 saturated heterocycles. The molecular formula is C24H23F5N6OSSe. The number of likely N-dealkylation sites (tertiary alicyclic amines) is 1. The summed E-state index contributed by atoms with van der Waals surface area (Å²) in [6.45, 7) is 2.54. The van der Waals surface area contributed by atoms with Crippen LogP contribution < -0.4 is 15.1 Å². The van der Waals surface area contributed by atoms with Crippen molar-refractivity contribution in [2.75, 3.05) is 31.5 Å². The molecule has 1 aliphatic carbocycles. The van der Waals surface area contributed by atoms with Crippen molar-refractivity contribution < 1.29 is 26.7 Å². The minimum absolute atomic E-state index is 0.0102. The van der Waals surface area contributed by atoms with E-state index in [0.29, 0.717) is 35.7 Å². The predicted octanol–water partition coefficient (Wildman–Crippen LogP) is 2.87. The van der Waals surface area contributed by atoms with Gasteiger partial charge in [0.15, 0.2) is 0 Å². The number of carbonyl (C=O) groups is 1. The maximum absolute atomic E-state index is 13.5. The van der Waals surface area contributed by atoms with Crippen LogP contribution in [0, 0.1) is 24.7 Å². The fourth-order valence-electron chi connectivity index (χ4n) is 4.76. The molecular weight excluding hydrogens is 594 g/mol. The van der Waals surface area contributed by atoms with Crippen LogP contribution in [0.25, 0.3) is 5.52 Å². The van der Waals surface area contributed by atoms with Gasteiger partial charge in [-0.25, -0.2) is 0 Å². The number of piperidine rings is 1. The maximum atomic E-state index is 13.5. The summed E-state index contributed by atoms with van der Waals surface area (Å²) in [5, 5.41) is 6.82. The third-order valence-corrected chi connectivity index (χ3v) is 9.25. The summed E-state index contributed by atoms with van der Waals surface area (Å²) in [4.78, 5) is 18.4. The molecule has 2 fully saturated rings. The molecule has 0 radical (unpaired) electrons. The standard InChI is InChI=1S/C24H23F5N6OSSe/c1-14-31-11-18(37-14)22(36)30-8-3-4-16-21(38-24(27,28)29)17-5-2-6-20(35(17)33-16)32-23-7-9-34(13-19(25)26)12-15(23)10-23/h2,5-6,11,15,19,32H,7-10,12-13H2,1H3,(H,30,36). The van der Waals surface area contributed by atoms with Gasteiger partial charge in [-0.3, -0.25) is 0 Å². The molecule has 5 rings (SSSR count). The Morgan fingerprint density at radius 3 is 2.87 bits per heavy atom. The number of nitrogens with zero attached hydrogens (tertiary/aromatic N) is 4. The summed E-state index contributed by atoms with van der Waals surface area (Å²) >= 11 is -0.656. The number of hydrogen-bond donors (Lipinski definition) is 2. The van der Waals surface area contributed by atoms with Crippen molar-refractivity contribution in [2.45, 2.75) is 36.8 Å². The fraction of sp³-hybridized carbons (Fsp3) is 0.458. The van der Waals surface area contributed by atoms with E-state index in [1.165, 1.54) is 22.0 Å². The Balaban J connectivity index is 1.36. The Morgan fingerprint density at radius 1 is 1.37 bits per heavy atom. The Morgan fingerprint density at radius 2 is 2.18 bits per heavy atom. The van der Waals surface area contributed by atoms with E-state index in [1.54, 1.807) is 30.0 Å². The summed E-state index contributed by atoms with van der Waals surface area (Å²) in [5.41, 5.74) is 0.0415. The second kappa shape index (κ2) is 10.4. The van der Waals surface area contributed by atoms with Gasteiger partial charge in [0, 0.05) is 0 Å². The third-order valence-electron chi connectivity index (χ3n) is 6.58. The Kier molecular flexibility index (Phi) is 7.39. The normalized spacial score (nSPS) is 21.2. The second-order valence-corrected chi connectivity index (χ2v) is 12.7. The zero-order valence-electron chi connectivity index (χ0n) is 20.1. The van der Waals surface area contributed by atoms with Crippen molar-refractivity contribution in [3.8, 4) is 11.8 Å². The van der Waals surface area contributed by atoms with Gasteiger partial charge < -0.3 is 0 Å². The molecule has 0 aromatic carbocycles. The Hall–Kier alpha value is -2.72. The molecule has 14 heteroatoms. The van der Waals surface area contributed by atoms with Crippen LogP contribution >= 0.6 is 11.3 Å². The average Bonchev–Trinajstić information content (AvgIpc) is 3.16. The van der Waals surface area contributed by atoms with Crippen LogP contribution in [0.2, 0.25) is 0 Å². The Bertz CT molecular complexity index is 1410. The number of aryl methyl sites for hydroxylation is 1. The first-order valence-electron chi connectivity index (χ1n) is 11.8. The average molecular weight is 618 g/mol. The molecule has 3 aromatic rings. The number of anilines is 1. The molecule has 2 unspecified atom stereocenters. The number of rotatable bonds is 7. The summed E-state index contributed by atoms with van der Waals surface area (Å²) in [5.74, 6) is 5.79. The first kappa shape index (κ1) is 26.9. The second-order valence-electron chi connectivity index (χ2n) is 9.24. The number of halogens is 5. The third kappa shape index (κ3) is 5.96. The van der Waals surface area contributed by atoms with E-state index in [2.05, 4.69) is 32.6 Å². The Labute approximate surface area is 225 Å². The molecule has 3 aromatic heterocycles. The predicted molar refractivity (Wildman–Crippen MR) is 134 cm³/mol. The van der Waals surface area contributed by atoms with Crippen LogP contribution in [-0.4, -0.2) is 83.6 Å². The monoisotopic (exact) mass is 618 g/mol. The number of pyridine rings is 1. The van der Waals surface area contributed by atoms with E-state index in [-0.39, 0.29) is 40.6 Å². The van der Waals surface area contributed by atoms with E-state index in [9.17, 15) is 26.7 Å². The van der Waals surface area contributed by atoms with Gasteiger partial charge in [0.25, 0.3) is 0 Å². The van der Waals surface area contributed by atoms with Crippen LogP contribution in [0.1, 0.15) is 33.2 Å². The van der Waals surface area contributed by atoms with Crippen LogP contribution in [-0.2, 0) is 0 Å². The summed E-state index contributed by atoms with van der Waals surface area (Å²) in [7, 11) is 0. The van der Waals surface area contributed by atoms with Crippen molar-refractivity contribution in [1.82, 2.24) is 24.8 Å². The van der Waals surface area contributed by atoms with Gasteiger partial charge in [0.1, 0.15) is 0 Å². The molecule has 2 atom stereocenters. The zero-order chi connectivity index (χ0) is 27.1. The topological polar surface area (TPSA) is 74.6 Å². The van der Waals surface area contributed by atoms with Gasteiger partial charge in [-0.15, -0.1) is 0 Å².